The van der Waals surface area contributed by atoms with E-state index in [9.17, 15) is 27.6 Å². The summed E-state index contributed by atoms with van der Waals surface area (Å²) in [6, 6.07) is -1.46. The van der Waals surface area contributed by atoms with E-state index in [1.165, 1.54) is 4.31 Å². The molecule has 0 aromatic rings. The number of fused-ring (bicyclic) bond motifs is 1. The van der Waals surface area contributed by atoms with Gasteiger partial charge in [0.1, 0.15) is 0 Å². The summed E-state index contributed by atoms with van der Waals surface area (Å²) in [4.78, 5) is 74.2. The molecular formula is C40H62N4O7S. The Morgan fingerprint density at radius 3 is 2.02 bits per heavy atom. The summed E-state index contributed by atoms with van der Waals surface area (Å²) in [5.74, 6) is -2.44. The van der Waals surface area contributed by atoms with Crippen LogP contribution in [0.1, 0.15) is 126 Å². The second-order valence-corrected chi connectivity index (χ2v) is 21.4. The van der Waals surface area contributed by atoms with Crippen molar-refractivity contribution >= 4 is 39.5 Å². The molecule has 0 unspecified atom stereocenters. The summed E-state index contributed by atoms with van der Waals surface area (Å²) < 4.78 is 29.8. The third kappa shape index (κ3) is 6.00. The highest BCUT2D eigenvalue weighted by Gasteiger charge is 2.85. The molecule has 0 bridgehead atoms. The third-order valence-electron chi connectivity index (χ3n) is 14.7. The van der Waals surface area contributed by atoms with Gasteiger partial charge in [-0.25, -0.2) is 4.72 Å². The molecule has 0 aromatic carbocycles. The standard InChI is InChI=1S/C40H62N4O7S/c1-10-26-22-38(26,34(49)41-52(50,51)42-18-11-12-19-42)24-30(46)28-23-40(37(8,9)39(40)16-14-17-39)25-44(28)33(48)27(35(2,3)4)21-29(45)32(36(5,6)7)43-20-13-15-31(43)47/h10,26-28,32H,1,11-25H2,2-9H3,(H,41,49)/t26-,27-,28+,32-,38-,40-/m1/s1. The van der Waals surface area contributed by atoms with Crippen LogP contribution in [0.25, 0.3) is 0 Å². The van der Waals surface area contributed by atoms with E-state index < -0.39 is 50.4 Å². The fourth-order valence-corrected chi connectivity index (χ4v) is 12.6. The van der Waals surface area contributed by atoms with Crippen LogP contribution in [0.5, 0.6) is 0 Å². The maximum atomic E-state index is 15.1. The first-order valence-corrected chi connectivity index (χ1v) is 21.0. The zero-order valence-corrected chi connectivity index (χ0v) is 33.6. The normalized spacial score (nSPS) is 32.1. The average Bonchev–Trinajstić information content (AvgIpc) is 3.40. The van der Waals surface area contributed by atoms with Gasteiger partial charge >= 0.3 is 10.2 Å². The molecule has 12 heteroatoms. The summed E-state index contributed by atoms with van der Waals surface area (Å²) in [5, 5.41) is 0. The van der Waals surface area contributed by atoms with E-state index in [2.05, 4.69) is 25.1 Å². The van der Waals surface area contributed by atoms with Crippen LogP contribution in [0.4, 0.5) is 0 Å². The van der Waals surface area contributed by atoms with Crippen LogP contribution in [0.2, 0.25) is 0 Å². The highest BCUT2D eigenvalue weighted by molar-refractivity contribution is 7.87. The van der Waals surface area contributed by atoms with Gasteiger partial charge in [0.05, 0.1) is 17.5 Å². The van der Waals surface area contributed by atoms with Crippen molar-refractivity contribution < 1.29 is 32.4 Å². The van der Waals surface area contributed by atoms with E-state index in [1.807, 2.05) is 41.5 Å². The molecule has 3 saturated carbocycles. The molecule has 1 N–H and O–H groups in total. The molecule has 3 aliphatic heterocycles. The molecule has 0 aromatic heterocycles. The van der Waals surface area contributed by atoms with Crippen LogP contribution < -0.4 is 4.72 Å². The lowest BCUT2D eigenvalue weighted by Gasteiger charge is -2.40. The topological polar surface area (TPSA) is 141 Å². The maximum Gasteiger partial charge on any atom is 0.303 e. The molecule has 11 nitrogen and oxygen atoms in total. The number of nitrogens with one attached hydrogen (secondary N) is 1. The van der Waals surface area contributed by atoms with E-state index in [0.717, 1.165) is 32.1 Å². The summed E-state index contributed by atoms with van der Waals surface area (Å²) >= 11 is 0. The lowest BCUT2D eigenvalue weighted by molar-refractivity contribution is -0.148. The highest BCUT2D eigenvalue weighted by atomic mass is 32.2. The van der Waals surface area contributed by atoms with Crippen molar-refractivity contribution in [2.45, 2.75) is 138 Å². The van der Waals surface area contributed by atoms with Crippen LogP contribution >= 0.6 is 0 Å². The maximum absolute atomic E-state index is 15.1. The van der Waals surface area contributed by atoms with Gasteiger partial charge in [-0.15, -0.1) is 6.58 Å². The predicted molar refractivity (Wildman–Crippen MR) is 198 cm³/mol. The summed E-state index contributed by atoms with van der Waals surface area (Å²) in [7, 11) is -4.05. The number of carbonyl (C=O) groups excluding carboxylic acids is 5. The van der Waals surface area contributed by atoms with Crippen molar-refractivity contribution in [3.05, 3.63) is 12.7 Å². The molecule has 6 atom stereocenters. The molecule has 290 valence electrons. The Kier molecular flexibility index (Phi) is 9.58. The van der Waals surface area contributed by atoms with E-state index >= 15 is 4.79 Å². The zero-order chi connectivity index (χ0) is 38.4. The van der Waals surface area contributed by atoms with Crippen molar-refractivity contribution in [3.8, 4) is 0 Å². The quantitative estimate of drug-likeness (QED) is 0.276. The Balaban J connectivity index is 1.29. The Hall–Kier alpha value is -2.60. The van der Waals surface area contributed by atoms with Gasteiger partial charge in [-0.1, -0.05) is 67.9 Å². The molecule has 6 fully saturated rings. The molecule has 6 rings (SSSR count). The first-order valence-electron chi connectivity index (χ1n) is 19.6. The average molecular weight is 743 g/mol. The largest absolute Gasteiger partial charge is 0.332 e. The number of carbonyl (C=O) groups is 5. The fraction of sp³-hybridized carbons (Fsp3) is 0.825. The molecule has 2 spiro atoms. The Morgan fingerprint density at radius 2 is 1.56 bits per heavy atom. The first-order chi connectivity index (χ1) is 24.0. The fourth-order valence-electron chi connectivity index (χ4n) is 11.3. The molecule has 3 aliphatic carbocycles. The monoisotopic (exact) mass is 742 g/mol. The second kappa shape index (κ2) is 12.7. The van der Waals surface area contributed by atoms with E-state index in [-0.39, 0.29) is 58.4 Å². The van der Waals surface area contributed by atoms with Crippen molar-refractivity contribution in [1.82, 2.24) is 18.8 Å². The number of hydrogen-bond donors (Lipinski definition) is 1. The zero-order valence-electron chi connectivity index (χ0n) is 32.8. The molecule has 3 heterocycles. The van der Waals surface area contributed by atoms with Gasteiger partial charge in [-0.3, -0.25) is 24.0 Å². The number of hydrogen-bond acceptors (Lipinski definition) is 7. The van der Waals surface area contributed by atoms with Crippen molar-refractivity contribution in [2.75, 3.05) is 26.2 Å². The van der Waals surface area contributed by atoms with Crippen molar-refractivity contribution in [3.63, 3.8) is 0 Å². The number of nitrogens with zero attached hydrogens (tertiary/aromatic N) is 3. The molecule has 0 radical (unpaired) electrons. The Labute approximate surface area is 311 Å². The van der Waals surface area contributed by atoms with Gasteiger partial charge in [0.25, 0.3) is 0 Å². The summed E-state index contributed by atoms with van der Waals surface area (Å²) in [5.41, 5.74) is -2.71. The first kappa shape index (κ1) is 39.1. The number of amides is 3. The van der Waals surface area contributed by atoms with E-state index in [4.69, 9.17) is 0 Å². The molecule has 3 amide bonds. The van der Waals surface area contributed by atoms with Gasteiger partial charge in [0.2, 0.25) is 17.7 Å². The van der Waals surface area contributed by atoms with Crippen LogP contribution in [-0.4, -0.2) is 90.1 Å². The molecule has 6 aliphatic rings. The smallest absolute Gasteiger partial charge is 0.303 e. The number of likely N-dealkylation sites (tertiary alicyclic amines) is 2. The predicted octanol–water partition coefficient (Wildman–Crippen LogP) is 5.05. The Bertz CT molecular complexity index is 1650. The highest BCUT2D eigenvalue weighted by Crippen LogP contribution is 2.88. The summed E-state index contributed by atoms with van der Waals surface area (Å²) in [6.45, 7) is 21.7. The van der Waals surface area contributed by atoms with Crippen LogP contribution in [0.3, 0.4) is 0 Å². The minimum atomic E-state index is -4.05. The van der Waals surface area contributed by atoms with Crippen LogP contribution in [0, 0.1) is 44.3 Å². The minimum Gasteiger partial charge on any atom is -0.332 e. The molecular weight excluding hydrogens is 681 g/mol. The Morgan fingerprint density at radius 1 is 0.923 bits per heavy atom. The third-order valence-corrected chi connectivity index (χ3v) is 16.2. The second-order valence-electron chi connectivity index (χ2n) is 19.8. The van der Waals surface area contributed by atoms with E-state index in [1.54, 1.807) is 15.9 Å². The van der Waals surface area contributed by atoms with Crippen molar-refractivity contribution in [1.29, 1.82) is 0 Å². The number of ketones is 2. The molecule has 3 saturated heterocycles. The lowest BCUT2D eigenvalue weighted by atomic mass is 9.73. The summed E-state index contributed by atoms with van der Waals surface area (Å²) in [6.07, 6.45) is 7.95. The number of Topliss-reactive ketones (excluding diaryl/α,β-unsaturated/α-hetero) is 2. The minimum absolute atomic E-state index is 0.0371. The SMILES string of the molecule is C=C[C@@H]1C[C@]1(CC(=O)[C@@H]1C[C@@]2(CN1C(=O)[C@@H](CC(=O)[C@@H](N1CCCC1=O)C(C)(C)C)C(C)(C)C)C(C)(C)C21CCC1)C(=O)NS(=O)(=O)N1CCCC1. The van der Waals surface area contributed by atoms with E-state index in [0.29, 0.717) is 51.9 Å². The van der Waals surface area contributed by atoms with Gasteiger partial charge in [-0.05, 0) is 72.5 Å². The van der Waals surface area contributed by atoms with Gasteiger partial charge in [0, 0.05) is 56.8 Å². The lowest BCUT2D eigenvalue weighted by Crippen LogP contribution is -2.53. The van der Waals surface area contributed by atoms with Crippen LogP contribution in [-0.2, 0) is 34.2 Å². The van der Waals surface area contributed by atoms with Gasteiger partial charge in [-0.2, -0.15) is 12.7 Å². The van der Waals surface area contributed by atoms with Gasteiger partial charge < -0.3 is 9.80 Å². The van der Waals surface area contributed by atoms with Crippen molar-refractivity contribution in [2.24, 2.45) is 44.3 Å². The van der Waals surface area contributed by atoms with Crippen LogP contribution in [0.15, 0.2) is 12.7 Å². The molecule has 52 heavy (non-hydrogen) atoms. The number of rotatable bonds is 12. The van der Waals surface area contributed by atoms with Gasteiger partial charge in [0.15, 0.2) is 11.6 Å². The number of allylic oxidation sites excluding steroid dienone is 1.